The zero-order valence-electron chi connectivity index (χ0n) is 12.1. The van der Waals surface area contributed by atoms with E-state index in [2.05, 4.69) is 21.2 Å². The lowest BCUT2D eigenvalue weighted by Crippen LogP contribution is -2.36. The van der Waals surface area contributed by atoms with Crippen LogP contribution in [0.25, 0.3) is 0 Å². The highest BCUT2D eigenvalue weighted by atomic mass is 79.9. The molecule has 2 rings (SSSR count). The van der Waals surface area contributed by atoms with E-state index >= 15 is 0 Å². The summed E-state index contributed by atoms with van der Waals surface area (Å²) >= 11 is 9.00. The monoisotopic (exact) mass is 398 g/mol. The van der Waals surface area contributed by atoms with Gasteiger partial charge in [0.1, 0.15) is 12.4 Å². The molecule has 0 heterocycles. The fraction of sp³-hybridized carbons (Fsp3) is 0.125. The van der Waals surface area contributed by atoms with Gasteiger partial charge in [0.05, 0.1) is 5.02 Å². The van der Waals surface area contributed by atoms with Crippen molar-refractivity contribution >= 4 is 50.7 Å². The number of benzene rings is 2. The van der Waals surface area contributed by atoms with Gasteiger partial charge in [-0.05, 0) is 36.4 Å². The van der Waals surface area contributed by atoms with Crippen LogP contribution in [0.5, 0.6) is 0 Å². The van der Waals surface area contributed by atoms with Crippen LogP contribution in [0.2, 0.25) is 5.02 Å². The first kappa shape index (κ1) is 17.4. The van der Waals surface area contributed by atoms with E-state index in [4.69, 9.17) is 11.6 Å². The van der Waals surface area contributed by atoms with Crippen molar-refractivity contribution in [3.8, 4) is 0 Å². The summed E-state index contributed by atoms with van der Waals surface area (Å²) in [4.78, 5) is 25.3. The number of carbonyl (C=O) groups excluding carboxylic acids is 2. The first-order valence-corrected chi connectivity index (χ1v) is 7.82. The van der Waals surface area contributed by atoms with E-state index in [1.54, 1.807) is 18.2 Å². The van der Waals surface area contributed by atoms with Crippen LogP contribution in [-0.4, -0.2) is 18.4 Å². The summed E-state index contributed by atoms with van der Waals surface area (Å²) < 4.78 is 13.9. The molecule has 0 bridgehead atoms. The van der Waals surface area contributed by atoms with Gasteiger partial charge in [-0.3, -0.25) is 9.59 Å². The van der Waals surface area contributed by atoms with Gasteiger partial charge in [-0.25, -0.2) is 4.39 Å². The van der Waals surface area contributed by atoms with Crippen molar-refractivity contribution in [1.29, 1.82) is 0 Å². The SMILES string of the molecule is CC(=O)N(CC(=O)Nc1ccc(F)c(Cl)c1)c1cccc(Br)c1. The number of rotatable bonds is 4. The van der Waals surface area contributed by atoms with Gasteiger partial charge in [-0.1, -0.05) is 33.6 Å². The van der Waals surface area contributed by atoms with Crippen LogP contribution < -0.4 is 10.2 Å². The van der Waals surface area contributed by atoms with Crippen LogP contribution in [-0.2, 0) is 9.59 Å². The van der Waals surface area contributed by atoms with E-state index in [-0.39, 0.29) is 17.5 Å². The third-order valence-corrected chi connectivity index (χ3v) is 3.79. The maximum absolute atomic E-state index is 13.1. The molecule has 0 aromatic heterocycles. The predicted molar refractivity (Wildman–Crippen MR) is 92.2 cm³/mol. The number of halogens is 3. The lowest BCUT2D eigenvalue weighted by Gasteiger charge is -2.21. The molecule has 0 atom stereocenters. The summed E-state index contributed by atoms with van der Waals surface area (Å²) in [5.74, 6) is -1.25. The first-order valence-electron chi connectivity index (χ1n) is 6.65. The van der Waals surface area contributed by atoms with Gasteiger partial charge in [0.2, 0.25) is 11.8 Å². The van der Waals surface area contributed by atoms with Crippen molar-refractivity contribution < 1.29 is 14.0 Å². The average Bonchev–Trinajstić information content (AvgIpc) is 2.48. The summed E-state index contributed by atoms with van der Waals surface area (Å²) in [5.41, 5.74) is 0.957. The third kappa shape index (κ3) is 4.77. The number of anilines is 2. The van der Waals surface area contributed by atoms with Crippen molar-refractivity contribution in [2.75, 3.05) is 16.8 Å². The van der Waals surface area contributed by atoms with Gasteiger partial charge in [-0.15, -0.1) is 0 Å². The number of amides is 2. The molecular weight excluding hydrogens is 387 g/mol. The molecule has 0 saturated heterocycles. The van der Waals surface area contributed by atoms with Gasteiger partial charge in [0.15, 0.2) is 0 Å². The van der Waals surface area contributed by atoms with E-state index in [1.165, 1.54) is 24.0 Å². The van der Waals surface area contributed by atoms with Gasteiger partial charge in [0.25, 0.3) is 0 Å². The number of nitrogens with one attached hydrogen (secondary N) is 1. The molecule has 2 amide bonds. The fourth-order valence-electron chi connectivity index (χ4n) is 1.95. The highest BCUT2D eigenvalue weighted by molar-refractivity contribution is 9.10. The van der Waals surface area contributed by atoms with E-state index in [9.17, 15) is 14.0 Å². The van der Waals surface area contributed by atoms with E-state index in [1.807, 2.05) is 6.07 Å². The van der Waals surface area contributed by atoms with Crippen LogP contribution in [0.3, 0.4) is 0 Å². The Morgan fingerprint density at radius 3 is 2.61 bits per heavy atom. The number of hydrogen-bond donors (Lipinski definition) is 1. The molecule has 23 heavy (non-hydrogen) atoms. The second kappa shape index (κ2) is 7.57. The van der Waals surface area contributed by atoms with Gasteiger partial charge in [0, 0.05) is 22.8 Å². The summed E-state index contributed by atoms with van der Waals surface area (Å²) in [7, 11) is 0. The van der Waals surface area contributed by atoms with E-state index in [0.29, 0.717) is 11.4 Å². The standard InChI is InChI=1S/C16H13BrClFN2O2/c1-10(22)21(13-4-2-3-11(17)7-13)9-16(23)20-12-5-6-15(19)14(18)8-12/h2-8H,9H2,1H3,(H,20,23). The number of nitrogens with zero attached hydrogens (tertiary/aromatic N) is 1. The molecule has 0 unspecified atom stereocenters. The lowest BCUT2D eigenvalue weighted by atomic mass is 10.2. The molecule has 0 spiro atoms. The van der Waals surface area contributed by atoms with Gasteiger partial charge < -0.3 is 10.2 Å². The molecule has 1 N–H and O–H groups in total. The van der Waals surface area contributed by atoms with Crippen molar-refractivity contribution in [3.63, 3.8) is 0 Å². The van der Waals surface area contributed by atoms with Crippen LogP contribution >= 0.6 is 27.5 Å². The van der Waals surface area contributed by atoms with Crippen molar-refractivity contribution in [1.82, 2.24) is 0 Å². The van der Waals surface area contributed by atoms with Crippen molar-refractivity contribution in [2.45, 2.75) is 6.92 Å². The van der Waals surface area contributed by atoms with Crippen molar-refractivity contribution in [2.24, 2.45) is 0 Å². The Kier molecular flexibility index (Phi) is 5.74. The second-order valence-electron chi connectivity index (χ2n) is 4.76. The smallest absolute Gasteiger partial charge is 0.244 e. The van der Waals surface area contributed by atoms with Crippen molar-refractivity contribution in [3.05, 3.63) is 57.8 Å². The minimum Gasteiger partial charge on any atom is -0.324 e. The highest BCUT2D eigenvalue weighted by Crippen LogP contribution is 2.21. The Labute approximate surface area is 146 Å². The molecular formula is C16H13BrClFN2O2. The molecule has 0 radical (unpaired) electrons. The highest BCUT2D eigenvalue weighted by Gasteiger charge is 2.16. The third-order valence-electron chi connectivity index (χ3n) is 3.01. The molecule has 0 aliphatic heterocycles. The molecule has 0 aliphatic rings. The normalized spacial score (nSPS) is 10.3. The predicted octanol–water partition coefficient (Wildman–Crippen LogP) is 4.23. The Hall–Kier alpha value is -1.92. The minimum absolute atomic E-state index is 0.0850. The van der Waals surface area contributed by atoms with E-state index in [0.717, 1.165) is 10.5 Å². The molecule has 4 nitrogen and oxygen atoms in total. The molecule has 0 fully saturated rings. The molecule has 120 valence electrons. The summed E-state index contributed by atoms with van der Waals surface area (Å²) in [6, 6.07) is 10.9. The number of hydrogen-bond acceptors (Lipinski definition) is 2. The van der Waals surface area contributed by atoms with Crippen LogP contribution in [0.1, 0.15) is 6.92 Å². The van der Waals surface area contributed by atoms with Crippen LogP contribution in [0.15, 0.2) is 46.9 Å². The first-order chi connectivity index (χ1) is 10.9. The number of carbonyl (C=O) groups is 2. The van der Waals surface area contributed by atoms with Crippen LogP contribution in [0.4, 0.5) is 15.8 Å². The van der Waals surface area contributed by atoms with Crippen LogP contribution in [0, 0.1) is 5.82 Å². The largest absolute Gasteiger partial charge is 0.324 e. The topological polar surface area (TPSA) is 49.4 Å². The van der Waals surface area contributed by atoms with E-state index < -0.39 is 11.7 Å². The summed E-state index contributed by atoms with van der Waals surface area (Å²) in [6.45, 7) is 1.21. The average molecular weight is 400 g/mol. The lowest BCUT2D eigenvalue weighted by molar-refractivity contribution is -0.120. The summed E-state index contributed by atoms with van der Waals surface area (Å²) in [6.07, 6.45) is 0. The Bertz CT molecular complexity index is 755. The second-order valence-corrected chi connectivity index (χ2v) is 6.08. The van der Waals surface area contributed by atoms with Gasteiger partial charge in [-0.2, -0.15) is 0 Å². The molecule has 2 aromatic carbocycles. The Morgan fingerprint density at radius 1 is 1.26 bits per heavy atom. The molecule has 7 heteroatoms. The Morgan fingerprint density at radius 2 is 2.00 bits per heavy atom. The zero-order chi connectivity index (χ0) is 17.0. The fourth-order valence-corrected chi connectivity index (χ4v) is 2.51. The van der Waals surface area contributed by atoms with Gasteiger partial charge >= 0.3 is 0 Å². The molecule has 0 saturated carbocycles. The molecule has 2 aromatic rings. The maximum atomic E-state index is 13.1. The molecule has 0 aliphatic carbocycles. The summed E-state index contributed by atoms with van der Waals surface area (Å²) in [5, 5.41) is 2.50. The quantitative estimate of drug-likeness (QED) is 0.836. The Balaban J connectivity index is 2.12. The minimum atomic E-state index is -0.566. The zero-order valence-corrected chi connectivity index (χ0v) is 14.5. The maximum Gasteiger partial charge on any atom is 0.244 e.